The maximum Gasteiger partial charge on any atom is 0.102 e. The molecule has 4 aliphatic carbocycles. The van der Waals surface area contributed by atoms with Gasteiger partial charge in [-0.05, 0) is 87.9 Å². The third kappa shape index (κ3) is 3.17. The lowest BCUT2D eigenvalue weighted by atomic mass is 9.38. The fourth-order valence-corrected chi connectivity index (χ4v) is 9.17. The molecule has 0 aromatic carbocycles. The molecule has 0 radical (unpaired) electrons. The van der Waals surface area contributed by atoms with Gasteiger partial charge in [-0.15, -0.1) is 0 Å². The summed E-state index contributed by atoms with van der Waals surface area (Å²) in [5.74, 6) is 1.08. The quantitative estimate of drug-likeness (QED) is 0.554. The van der Waals surface area contributed by atoms with Crippen LogP contribution in [0.5, 0.6) is 0 Å². The molecule has 1 aromatic rings. The maximum absolute atomic E-state index is 11.3. The highest BCUT2D eigenvalue weighted by Crippen LogP contribution is 2.69. The molecule has 1 heterocycles. The predicted molar refractivity (Wildman–Crippen MR) is 126 cm³/mol. The van der Waals surface area contributed by atoms with Crippen LogP contribution in [0.2, 0.25) is 0 Å². The van der Waals surface area contributed by atoms with Crippen molar-refractivity contribution in [3.8, 4) is 6.07 Å². The number of fused-ring (bicyclic) bond motifs is 5. The van der Waals surface area contributed by atoms with Gasteiger partial charge in [-0.1, -0.05) is 13.8 Å². The van der Waals surface area contributed by atoms with Crippen LogP contribution in [0.1, 0.15) is 84.1 Å². The lowest BCUT2D eigenvalue weighted by molar-refractivity contribution is -0.173. The summed E-state index contributed by atoms with van der Waals surface area (Å²) in [6.45, 7) is 7.03. The molecule has 4 saturated carbocycles. The Morgan fingerprint density at radius 3 is 2.58 bits per heavy atom. The second-order valence-electron chi connectivity index (χ2n) is 12.8. The van der Waals surface area contributed by atoms with Gasteiger partial charge in [-0.25, -0.2) is 0 Å². The number of rotatable bonds is 3. The highest BCUT2D eigenvalue weighted by atomic mass is 16.3. The van der Waals surface area contributed by atoms with Crippen LogP contribution in [0, 0.1) is 39.9 Å². The van der Waals surface area contributed by atoms with Crippen LogP contribution in [0.25, 0.3) is 0 Å². The van der Waals surface area contributed by atoms with Crippen LogP contribution in [-0.4, -0.2) is 42.8 Å². The van der Waals surface area contributed by atoms with Gasteiger partial charge in [-0.2, -0.15) is 10.4 Å². The Balaban J connectivity index is 1.39. The number of aliphatic hydroxyl groups is 2. The van der Waals surface area contributed by atoms with Gasteiger partial charge in [0, 0.05) is 22.7 Å². The van der Waals surface area contributed by atoms with Crippen LogP contribution in [0.3, 0.4) is 0 Å². The summed E-state index contributed by atoms with van der Waals surface area (Å²) in [5, 5.41) is 35.4. The lowest BCUT2D eigenvalue weighted by Gasteiger charge is -2.70. The molecule has 0 saturated heterocycles. The topological polar surface area (TPSA) is 134 Å². The molecule has 6 N–H and O–H groups in total. The average molecular weight is 456 g/mol. The Hall–Kier alpha value is -1.46. The van der Waals surface area contributed by atoms with Crippen molar-refractivity contribution in [2.24, 2.45) is 40.1 Å². The molecule has 4 aliphatic rings. The van der Waals surface area contributed by atoms with Gasteiger partial charge in [0.2, 0.25) is 0 Å². The van der Waals surface area contributed by atoms with Crippen LogP contribution in [-0.2, 0) is 6.54 Å². The molecule has 1 aromatic heterocycles. The number of nitrogens with two attached hydrogens (primary N) is 2. The van der Waals surface area contributed by atoms with Crippen LogP contribution >= 0.6 is 0 Å². The maximum atomic E-state index is 11.3. The summed E-state index contributed by atoms with van der Waals surface area (Å²) in [6, 6.07) is 2.11. The first kappa shape index (κ1) is 23.3. The van der Waals surface area contributed by atoms with Crippen molar-refractivity contribution < 1.29 is 10.2 Å². The van der Waals surface area contributed by atoms with Gasteiger partial charge >= 0.3 is 0 Å². The molecule has 2 unspecified atom stereocenters. The molecular formula is C26H41N5O2. The zero-order valence-electron chi connectivity index (χ0n) is 20.4. The van der Waals surface area contributed by atoms with Crippen LogP contribution < -0.4 is 11.5 Å². The summed E-state index contributed by atoms with van der Waals surface area (Å²) < 4.78 is 1.70. The van der Waals surface area contributed by atoms with Crippen molar-refractivity contribution in [3.05, 3.63) is 18.0 Å². The Morgan fingerprint density at radius 1 is 1.12 bits per heavy atom. The fourth-order valence-electron chi connectivity index (χ4n) is 9.17. The first-order valence-corrected chi connectivity index (χ1v) is 12.8. The third-order valence-electron chi connectivity index (χ3n) is 11.2. The highest BCUT2D eigenvalue weighted by Gasteiger charge is 2.70. The van der Waals surface area contributed by atoms with E-state index in [-0.39, 0.29) is 22.3 Å². The first-order valence-electron chi connectivity index (χ1n) is 12.8. The minimum absolute atomic E-state index is 0.0449. The second kappa shape index (κ2) is 7.27. The lowest BCUT2D eigenvalue weighted by Crippen LogP contribution is -2.78. The summed E-state index contributed by atoms with van der Waals surface area (Å²) in [7, 11) is 0. The summed E-state index contributed by atoms with van der Waals surface area (Å²) in [4.78, 5) is 0. The van der Waals surface area contributed by atoms with E-state index in [4.69, 9.17) is 16.7 Å². The molecule has 7 heteroatoms. The van der Waals surface area contributed by atoms with Crippen molar-refractivity contribution in [1.29, 1.82) is 5.26 Å². The smallest absolute Gasteiger partial charge is 0.102 e. The van der Waals surface area contributed by atoms with E-state index in [1.54, 1.807) is 17.1 Å². The zero-order chi connectivity index (χ0) is 23.9. The van der Waals surface area contributed by atoms with Crippen LogP contribution in [0.15, 0.2) is 12.4 Å². The van der Waals surface area contributed by atoms with Crippen molar-refractivity contribution in [3.63, 3.8) is 0 Å². The van der Waals surface area contributed by atoms with E-state index in [1.165, 1.54) is 0 Å². The van der Waals surface area contributed by atoms with Crippen molar-refractivity contribution in [2.75, 3.05) is 0 Å². The van der Waals surface area contributed by atoms with E-state index in [2.05, 4.69) is 25.0 Å². The molecule has 5 rings (SSSR count). The highest BCUT2D eigenvalue weighted by molar-refractivity contribution is 5.26. The molecule has 33 heavy (non-hydrogen) atoms. The molecule has 0 amide bonds. The molecule has 0 aliphatic heterocycles. The number of aliphatic hydroxyl groups excluding tert-OH is 1. The Morgan fingerprint density at radius 2 is 1.88 bits per heavy atom. The Bertz CT molecular complexity index is 970. The zero-order valence-corrected chi connectivity index (χ0v) is 20.4. The minimum Gasteiger partial charge on any atom is -0.391 e. The van der Waals surface area contributed by atoms with E-state index in [9.17, 15) is 10.2 Å². The van der Waals surface area contributed by atoms with E-state index >= 15 is 0 Å². The van der Waals surface area contributed by atoms with E-state index in [0.29, 0.717) is 30.4 Å². The molecule has 7 nitrogen and oxygen atoms in total. The largest absolute Gasteiger partial charge is 0.391 e. The molecule has 0 spiro atoms. The van der Waals surface area contributed by atoms with Crippen LogP contribution in [0.4, 0.5) is 0 Å². The van der Waals surface area contributed by atoms with Gasteiger partial charge in [0.05, 0.1) is 30.0 Å². The minimum atomic E-state index is -0.707. The third-order valence-corrected chi connectivity index (χ3v) is 11.2. The van der Waals surface area contributed by atoms with E-state index < -0.39 is 17.2 Å². The first-order chi connectivity index (χ1) is 15.4. The van der Waals surface area contributed by atoms with E-state index in [1.807, 2.05) is 6.92 Å². The number of hydrogen-bond donors (Lipinski definition) is 4. The normalized spacial score (nSPS) is 50.1. The summed E-state index contributed by atoms with van der Waals surface area (Å²) in [6.07, 6.45) is 11.0. The predicted octanol–water partition coefficient (Wildman–Crippen LogP) is 2.69. The average Bonchev–Trinajstić information content (AvgIpc) is 3.33. The SMILES string of the molecule is C[C@@]1(O)CC[C@@]2(C)[C@@](N)(CCC3[C@@H]4CC[C@H](C(O)Cn5cc(C#N)cn5)[C@@]4(C)CC[C@@]32N)C1. The Kier molecular flexibility index (Phi) is 5.13. The van der Waals surface area contributed by atoms with Crippen molar-refractivity contribution >= 4 is 0 Å². The number of nitriles is 1. The number of nitrogens with zero attached hydrogens (tertiary/aromatic N) is 3. The molecule has 4 fully saturated rings. The standard InChI is InChI=1S/C26H41N5O2/c1-22(33)8-10-24(3)25(28,16-22)7-6-19-18-4-5-20(23(18,2)9-11-26(19,24)29)21(32)15-31-14-17(12-27)13-30-31/h13-14,18-21,32-33H,4-11,15-16,28-29H2,1-3H3/t18-,19?,20+,21?,22+,23-,24-,25+,26+/m0/s1. The molecule has 9 atom stereocenters. The van der Waals surface area contributed by atoms with Crippen molar-refractivity contribution in [2.45, 2.75) is 108 Å². The molecular weight excluding hydrogens is 414 g/mol. The Labute approximate surface area is 197 Å². The van der Waals surface area contributed by atoms with Gasteiger partial charge in [-0.3, -0.25) is 4.68 Å². The number of hydrogen-bond acceptors (Lipinski definition) is 6. The van der Waals surface area contributed by atoms with Gasteiger partial charge < -0.3 is 21.7 Å². The summed E-state index contributed by atoms with van der Waals surface area (Å²) in [5.41, 5.74) is 13.5. The summed E-state index contributed by atoms with van der Waals surface area (Å²) >= 11 is 0. The fraction of sp³-hybridized carbons (Fsp3) is 0.846. The van der Waals surface area contributed by atoms with Gasteiger partial charge in [0.1, 0.15) is 6.07 Å². The molecule has 0 bridgehead atoms. The monoisotopic (exact) mass is 455 g/mol. The number of aromatic nitrogens is 2. The van der Waals surface area contributed by atoms with Crippen molar-refractivity contribution in [1.82, 2.24) is 9.78 Å². The van der Waals surface area contributed by atoms with Gasteiger partial charge in [0.15, 0.2) is 0 Å². The molecule has 182 valence electrons. The van der Waals surface area contributed by atoms with E-state index in [0.717, 1.165) is 51.4 Å². The second-order valence-corrected chi connectivity index (χ2v) is 12.8. The van der Waals surface area contributed by atoms with Gasteiger partial charge in [0.25, 0.3) is 0 Å².